The predicted molar refractivity (Wildman–Crippen MR) is 62.2 cm³/mol. The Kier molecular flexibility index (Phi) is 3.00. The Morgan fingerprint density at radius 1 is 1.62 bits per heavy atom. The number of H-pyrrole nitrogens is 1. The highest BCUT2D eigenvalue weighted by molar-refractivity contribution is 7.15. The van der Waals surface area contributed by atoms with E-state index in [1.807, 2.05) is 13.0 Å². The van der Waals surface area contributed by atoms with Crippen molar-refractivity contribution in [2.24, 2.45) is 0 Å². The van der Waals surface area contributed by atoms with Gasteiger partial charge in [0.2, 0.25) is 5.91 Å². The molecular weight excluding hydrogens is 224 g/mol. The SMILES string of the molecule is CNC(=O)Cc1sc(-c2ccn[nH]2)nc1C. The number of nitrogens with zero attached hydrogens (tertiary/aromatic N) is 2. The van der Waals surface area contributed by atoms with Gasteiger partial charge >= 0.3 is 0 Å². The predicted octanol–water partition coefficient (Wildman–Crippen LogP) is 1.13. The lowest BCUT2D eigenvalue weighted by Crippen LogP contribution is -2.19. The molecule has 2 aromatic heterocycles. The van der Waals surface area contributed by atoms with E-state index in [4.69, 9.17) is 0 Å². The molecule has 0 saturated carbocycles. The van der Waals surface area contributed by atoms with Crippen molar-refractivity contribution in [2.45, 2.75) is 13.3 Å². The zero-order chi connectivity index (χ0) is 11.5. The number of aryl methyl sites for hydroxylation is 1. The summed E-state index contributed by atoms with van der Waals surface area (Å²) in [5, 5.41) is 10.2. The maximum atomic E-state index is 11.3. The standard InChI is InChI=1S/C10H12N4OS/c1-6-8(5-9(15)11-2)16-10(13-6)7-3-4-12-14-7/h3-4H,5H2,1-2H3,(H,11,15)(H,12,14). The molecular formula is C10H12N4OS. The van der Waals surface area contributed by atoms with Crippen molar-refractivity contribution in [1.82, 2.24) is 20.5 Å². The van der Waals surface area contributed by atoms with Crippen LogP contribution >= 0.6 is 11.3 Å². The molecule has 2 N–H and O–H groups in total. The molecule has 0 atom stereocenters. The van der Waals surface area contributed by atoms with Crippen LogP contribution in [0, 0.1) is 6.92 Å². The van der Waals surface area contributed by atoms with Gasteiger partial charge in [-0.3, -0.25) is 9.89 Å². The summed E-state index contributed by atoms with van der Waals surface area (Å²) in [6.07, 6.45) is 2.07. The van der Waals surface area contributed by atoms with Gasteiger partial charge in [-0.25, -0.2) is 4.98 Å². The van der Waals surface area contributed by atoms with Gasteiger partial charge in [0.15, 0.2) is 0 Å². The summed E-state index contributed by atoms with van der Waals surface area (Å²) in [5.74, 6) is 0.00270. The molecule has 0 aliphatic carbocycles. The quantitative estimate of drug-likeness (QED) is 0.839. The number of carbonyl (C=O) groups excluding carboxylic acids is 1. The highest BCUT2D eigenvalue weighted by Crippen LogP contribution is 2.26. The van der Waals surface area contributed by atoms with E-state index in [9.17, 15) is 4.79 Å². The molecule has 84 valence electrons. The van der Waals surface area contributed by atoms with E-state index in [-0.39, 0.29) is 5.91 Å². The van der Waals surface area contributed by atoms with E-state index in [1.54, 1.807) is 13.2 Å². The lowest BCUT2D eigenvalue weighted by Gasteiger charge is -1.96. The number of likely N-dealkylation sites (N-methyl/N-ethyl adjacent to an activating group) is 1. The first-order chi connectivity index (χ1) is 7.70. The normalized spacial score (nSPS) is 10.4. The van der Waals surface area contributed by atoms with Gasteiger partial charge in [-0.2, -0.15) is 5.10 Å². The molecule has 1 amide bonds. The Hall–Kier alpha value is -1.69. The Balaban J connectivity index is 2.25. The summed E-state index contributed by atoms with van der Waals surface area (Å²) in [4.78, 5) is 16.7. The number of hydrogen-bond acceptors (Lipinski definition) is 4. The molecule has 0 bridgehead atoms. The fraction of sp³-hybridized carbons (Fsp3) is 0.300. The topological polar surface area (TPSA) is 70.7 Å². The number of aromatic amines is 1. The van der Waals surface area contributed by atoms with Crippen LogP contribution in [0.25, 0.3) is 10.7 Å². The molecule has 0 aliphatic heterocycles. The maximum Gasteiger partial charge on any atom is 0.225 e. The highest BCUT2D eigenvalue weighted by atomic mass is 32.1. The first-order valence-corrected chi connectivity index (χ1v) is 5.69. The average molecular weight is 236 g/mol. The third-order valence-corrected chi connectivity index (χ3v) is 3.41. The second kappa shape index (κ2) is 4.44. The van der Waals surface area contributed by atoms with Crippen LogP contribution in [0.1, 0.15) is 10.6 Å². The number of carbonyl (C=O) groups is 1. The second-order valence-electron chi connectivity index (χ2n) is 3.35. The molecule has 0 unspecified atom stereocenters. The lowest BCUT2D eigenvalue weighted by molar-refractivity contribution is -0.119. The van der Waals surface area contributed by atoms with E-state index in [2.05, 4.69) is 20.5 Å². The molecule has 0 aliphatic rings. The number of nitrogens with one attached hydrogen (secondary N) is 2. The van der Waals surface area contributed by atoms with Gasteiger partial charge in [0.25, 0.3) is 0 Å². The lowest BCUT2D eigenvalue weighted by atomic mass is 10.3. The van der Waals surface area contributed by atoms with Crippen molar-refractivity contribution in [3.05, 3.63) is 22.8 Å². The first kappa shape index (κ1) is 10.8. The van der Waals surface area contributed by atoms with Crippen molar-refractivity contribution in [3.8, 4) is 10.7 Å². The molecule has 0 spiro atoms. The van der Waals surface area contributed by atoms with Crippen LogP contribution in [-0.4, -0.2) is 28.1 Å². The third kappa shape index (κ3) is 2.11. The van der Waals surface area contributed by atoms with Gasteiger partial charge in [-0.1, -0.05) is 0 Å². The summed E-state index contributed by atoms with van der Waals surface area (Å²) in [6, 6.07) is 1.86. The minimum absolute atomic E-state index is 0.00270. The number of hydrogen-bond donors (Lipinski definition) is 2. The Morgan fingerprint density at radius 2 is 2.44 bits per heavy atom. The fourth-order valence-electron chi connectivity index (χ4n) is 1.32. The molecule has 16 heavy (non-hydrogen) atoms. The molecule has 2 rings (SSSR count). The second-order valence-corrected chi connectivity index (χ2v) is 4.43. The van der Waals surface area contributed by atoms with Crippen molar-refractivity contribution < 1.29 is 4.79 Å². The van der Waals surface area contributed by atoms with E-state index in [0.717, 1.165) is 21.3 Å². The average Bonchev–Trinajstić information content (AvgIpc) is 2.88. The van der Waals surface area contributed by atoms with Crippen LogP contribution in [0.15, 0.2) is 12.3 Å². The van der Waals surface area contributed by atoms with Gasteiger partial charge in [0.1, 0.15) is 5.01 Å². The van der Waals surface area contributed by atoms with Crippen LogP contribution in [0.5, 0.6) is 0 Å². The van der Waals surface area contributed by atoms with Gasteiger partial charge in [-0.05, 0) is 13.0 Å². The van der Waals surface area contributed by atoms with Crippen molar-refractivity contribution in [2.75, 3.05) is 7.05 Å². The monoisotopic (exact) mass is 236 g/mol. The molecule has 2 aromatic rings. The van der Waals surface area contributed by atoms with Gasteiger partial charge in [0, 0.05) is 18.1 Å². The van der Waals surface area contributed by atoms with Crippen molar-refractivity contribution in [1.29, 1.82) is 0 Å². The molecule has 0 aromatic carbocycles. The molecule has 5 nitrogen and oxygen atoms in total. The Labute approximate surface area is 96.9 Å². The number of thiazole rings is 1. The van der Waals surface area contributed by atoms with Gasteiger partial charge < -0.3 is 5.32 Å². The molecule has 2 heterocycles. The number of aromatic nitrogens is 3. The minimum Gasteiger partial charge on any atom is -0.359 e. The smallest absolute Gasteiger partial charge is 0.225 e. The Morgan fingerprint density at radius 3 is 3.06 bits per heavy atom. The summed E-state index contributed by atoms with van der Waals surface area (Å²) in [6.45, 7) is 1.91. The van der Waals surface area contributed by atoms with Crippen LogP contribution in [0.2, 0.25) is 0 Å². The molecule has 0 radical (unpaired) electrons. The Bertz CT molecular complexity index is 489. The highest BCUT2D eigenvalue weighted by Gasteiger charge is 2.12. The summed E-state index contributed by atoms with van der Waals surface area (Å²) in [5.41, 5.74) is 1.79. The van der Waals surface area contributed by atoms with Crippen molar-refractivity contribution in [3.63, 3.8) is 0 Å². The molecule has 6 heteroatoms. The van der Waals surface area contributed by atoms with Crippen LogP contribution in [-0.2, 0) is 11.2 Å². The summed E-state index contributed by atoms with van der Waals surface area (Å²) >= 11 is 1.52. The van der Waals surface area contributed by atoms with E-state index in [1.165, 1.54) is 11.3 Å². The van der Waals surface area contributed by atoms with Crippen molar-refractivity contribution >= 4 is 17.2 Å². The van der Waals surface area contributed by atoms with E-state index in [0.29, 0.717) is 6.42 Å². The van der Waals surface area contributed by atoms with Crippen LogP contribution < -0.4 is 5.32 Å². The van der Waals surface area contributed by atoms with E-state index >= 15 is 0 Å². The largest absolute Gasteiger partial charge is 0.359 e. The maximum absolute atomic E-state index is 11.3. The van der Waals surface area contributed by atoms with E-state index < -0.39 is 0 Å². The summed E-state index contributed by atoms with van der Waals surface area (Å²) in [7, 11) is 1.63. The zero-order valence-corrected chi connectivity index (χ0v) is 9.89. The molecule has 0 fully saturated rings. The zero-order valence-electron chi connectivity index (χ0n) is 9.07. The van der Waals surface area contributed by atoms with Crippen LogP contribution in [0.3, 0.4) is 0 Å². The van der Waals surface area contributed by atoms with Crippen LogP contribution in [0.4, 0.5) is 0 Å². The fourth-order valence-corrected chi connectivity index (χ4v) is 2.35. The third-order valence-electron chi connectivity index (χ3n) is 2.22. The summed E-state index contributed by atoms with van der Waals surface area (Å²) < 4.78 is 0. The minimum atomic E-state index is 0.00270. The number of amides is 1. The molecule has 0 saturated heterocycles. The van der Waals surface area contributed by atoms with Gasteiger partial charge in [0.05, 0.1) is 17.8 Å². The first-order valence-electron chi connectivity index (χ1n) is 4.87. The number of rotatable bonds is 3. The van der Waals surface area contributed by atoms with Gasteiger partial charge in [-0.15, -0.1) is 11.3 Å².